The summed E-state index contributed by atoms with van der Waals surface area (Å²) in [6, 6.07) is 4.87. The van der Waals surface area contributed by atoms with Gasteiger partial charge in [-0.15, -0.1) is 11.3 Å². The molecule has 4 heterocycles. The molecule has 1 saturated heterocycles. The third-order valence-electron chi connectivity index (χ3n) is 6.91. The Morgan fingerprint density at radius 1 is 1.10 bits per heavy atom. The summed E-state index contributed by atoms with van der Waals surface area (Å²) in [6.07, 6.45) is 8.77. The van der Waals surface area contributed by atoms with Crippen LogP contribution in [0.4, 0.5) is 5.95 Å². The molecule has 0 atom stereocenters. The molecule has 2 fully saturated rings. The summed E-state index contributed by atoms with van der Waals surface area (Å²) in [6.45, 7) is 7.87. The molecule has 30 heavy (non-hydrogen) atoms. The minimum atomic E-state index is 0.160. The van der Waals surface area contributed by atoms with Crippen LogP contribution in [-0.2, 0) is 19.3 Å². The van der Waals surface area contributed by atoms with Crippen LogP contribution in [0.3, 0.4) is 0 Å². The van der Waals surface area contributed by atoms with Gasteiger partial charge in [0.05, 0.1) is 10.6 Å². The Labute approximate surface area is 182 Å². The van der Waals surface area contributed by atoms with Gasteiger partial charge in [-0.1, -0.05) is 13.3 Å². The highest BCUT2D eigenvalue weighted by atomic mass is 32.1. The van der Waals surface area contributed by atoms with E-state index in [0.717, 1.165) is 81.1 Å². The predicted octanol–water partition coefficient (Wildman–Crippen LogP) is 3.02. The zero-order chi connectivity index (χ0) is 20.5. The number of amides is 1. The molecule has 2 aromatic rings. The van der Waals surface area contributed by atoms with Crippen LogP contribution in [0.15, 0.2) is 18.3 Å². The number of carbonyl (C=O) groups is 1. The van der Waals surface area contributed by atoms with Crippen LogP contribution >= 0.6 is 11.3 Å². The van der Waals surface area contributed by atoms with Crippen LogP contribution in [0.1, 0.15) is 52.0 Å². The molecule has 1 aliphatic carbocycles. The monoisotopic (exact) mass is 425 g/mol. The quantitative estimate of drug-likeness (QED) is 0.754. The maximum atomic E-state index is 12.9. The van der Waals surface area contributed by atoms with Crippen LogP contribution < -0.4 is 4.90 Å². The molecule has 6 nitrogen and oxygen atoms in total. The second-order valence-corrected chi connectivity index (χ2v) is 9.83. The van der Waals surface area contributed by atoms with E-state index in [1.807, 2.05) is 17.2 Å². The third-order valence-corrected chi connectivity index (χ3v) is 8.12. The number of anilines is 1. The molecule has 0 spiro atoms. The predicted molar refractivity (Wildman–Crippen MR) is 120 cm³/mol. The van der Waals surface area contributed by atoms with Crippen molar-refractivity contribution < 1.29 is 4.79 Å². The van der Waals surface area contributed by atoms with Gasteiger partial charge in [0.1, 0.15) is 0 Å². The van der Waals surface area contributed by atoms with Gasteiger partial charge in [-0.3, -0.25) is 9.69 Å². The lowest BCUT2D eigenvalue weighted by molar-refractivity contribution is 0.0768. The molecule has 0 radical (unpaired) electrons. The number of fused-ring (bicyclic) bond motifs is 1. The Balaban J connectivity index is 1.23. The van der Waals surface area contributed by atoms with Crippen molar-refractivity contribution in [3.63, 3.8) is 0 Å². The van der Waals surface area contributed by atoms with Gasteiger partial charge in [0, 0.05) is 62.8 Å². The first-order valence-electron chi connectivity index (χ1n) is 11.4. The highest BCUT2D eigenvalue weighted by Crippen LogP contribution is 2.27. The molecular formula is C23H31N5OS. The van der Waals surface area contributed by atoms with E-state index in [4.69, 9.17) is 9.97 Å². The molecule has 0 unspecified atom stereocenters. The summed E-state index contributed by atoms with van der Waals surface area (Å²) in [5.74, 6) is 1.03. The van der Waals surface area contributed by atoms with E-state index >= 15 is 0 Å². The van der Waals surface area contributed by atoms with Crippen molar-refractivity contribution in [2.45, 2.75) is 51.5 Å². The molecule has 7 heteroatoms. The summed E-state index contributed by atoms with van der Waals surface area (Å²) < 4.78 is 0. The van der Waals surface area contributed by atoms with Crippen molar-refractivity contribution in [2.75, 3.05) is 44.2 Å². The van der Waals surface area contributed by atoms with Crippen LogP contribution in [0.2, 0.25) is 0 Å². The lowest BCUT2D eigenvalue weighted by Crippen LogP contribution is -2.52. The number of hydrogen-bond acceptors (Lipinski definition) is 6. The fourth-order valence-corrected chi connectivity index (χ4v) is 5.61. The minimum Gasteiger partial charge on any atom is -0.338 e. The summed E-state index contributed by atoms with van der Waals surface area (Å²) in [5.41, 5.74) is 2.32. The molecule has 0 N–H and O–H groups in total. The van der Waals surface area contributed by atoms with E-state index < -0.39 is 0 Å². The molecule has 0 aromatic carbocycles. The van der Waals surface area contributed by atoms with E-state index in [1.165, 1.54) is 29.7 Å². The van der Waals surface area contributed by atoms with Crippen molar-refractivity contribution in [2.24, 2.45) is 0 Å². The molecule has 1 amide bonds. The third kappa shape index (κ3) is 3.97. The summed E-state index contributed by atoms with van der Waals surface area (Å²) >= 11 is 1.62. The standard InChI is InChI=1S/C23H31N5OS/c1-2-19-6-7-21(30-19)22(29)27-10-8-17-16-24-23(25-20(17)9-11-27)28-14-12-26(13-15-28)18-4-3-5-18/h6-7,16,18H,2-5,8-15H2,1H3. The van der Waals surface area contributed by atoms with E-state index in [2.05, 4.69) is 22.8 Å². The molecule has 0 bridgehead atoms. The zero-order valence-corrected chi connectivity index (χ0v) is 18.7. The first kappa shape index (κ1) is 19.9. The Bertz CT molecular complexity index is 901. The number of thiophene rings is 1. The first-order valence-corrected chi connectivity index (χ1v) is 12.2. The van der Waals surface area contributed by atoms with Gasteiger partial charge in [-0.05, 0) is 43.4 Å². The van der Waals surface area contributed by atoms with E-state index in [-0.39, 0.29) is 5.91 Å². The van der Waals surface area contributed by atoms with Crippen molar-refractivity contribution >= 4 is 23.2 Å². The second-order valence-electron chi connectivity index (χ2n) is 8.66. The highest BCUT2D eigenvalue weighted by molar-refractivity contribution is 7.14. The van der Waals surface area contributed by atoms with Gasteiger partial charge in [0.15, 0.2) is 0 Å². The number of nitrogens with zero attached hydrogens (tertiary/aromatic N) is 5. The topological polar surface area (TPSA) is 52.6 Å². The molecule has 2 aliphatic heterocycles. The lowest BCUT2D eigenvalue weighted by Gasteiger charge is -2.43. The number of rotatable bonds is 4. The Kier molecular flexibility index (Phi) is 5.74. The van der Waals surface area contributed by atoms with E-state index in [0.29, 0.717) is 0 Å². The number of piperazine rings is 1. The van der Waals surface area contributed by atoms with E-state index in [9.17, 15) is 4.79 Å². The molecular weight excluding hydrogens is 394 g/mol. The molecule has 160 valence electrons. The number of carbonyl (C=O) groups excluding carboxylic acids is 1. The van der Waals surface area contributed by atoms with Crippen molar-refractivity contribution in [3.05, 3.63) is 39.3 Å². The average Bonchev–Trinajstić information content (AvgIpc) is 3.12. The van der Waals surface area contributed by atoms with Crippen LogP contribution in [0, 0.1) is 0 Å². The summed E-state index contributed by atoms with van der Waals surface area (Å²) in [7, 11) is 0. The summed E-state index contributed by atoms with van der Waals surface area (Å²) in [5, 5.41) is 0. The Morgan fingerprint density at radius 2 is 1.90 bits per heavy atom. The van der Waals surface area contributed by atoms with Gasteiger partial charge < -0.3 is 9.80 Å². The number of aromatic nitrogens is 2. The molecule has 1 saturated carbocycles. The zero-order valence-electron chi connectivity index (χ0n) is 17.8. The van der Waals surface area contributed by atoms with Crippen molar-refractivity contribution in [3.8, 4) is 0 Å². The molecule has 3 aliphatic rings. The fourth-order valence-electron chi connectivity index (χ4n) is 4.70. The normalized spacial score (nSPS) is 20.6. The highest BCUT2D eigenvalue weighted by Gasteiger charge is 2.29. The van der Waals surface area contributed by atoms with Crippen LogP contribution in [-0.4, -0.2) is 71.0 Å². The smallest absolute Gasteiger partial charge is 0.263 e. The van der Waals surface area contributed by atoms with Gasteiger partial charge in [-0.2, -0.15) is 0 Å². The molecule has 2 aromatic heterocycles. The van der Waals surface area contributed by atoms with Crippen molar-refractivity contribution in [1.29, 1.82) is 0 Å². The fraction of sp³-hybridized carbons (Fsp3) is 0.609. The van der Waals surface area contributed by atoms with Gasteiger partial charge in [0.25, 0.3) is 5.91 Å². The molecule has 5 rings (SSSR count). The first-order chi connectivity index (χ1) is 14.7. The average molecular weight is 426 g/mol. The van der Waals surface area contributed by atoms with Crippen LogP contribution in [0.25, 0.3) is 0 Å². The largest absolute Gasteiger partial charge is 0.338 e. The lowest BCUT2D eigenvalue weighted by atomic mass is 9.91. The number of aryl methyl sites for hydroxylation is 1. The SMILES string of the molecule is CCc1ccc(C(=O)N2CCc3cnc(N4CCN(C5CCC5)CC4)nc3CC2)s1. The Morgan fingerprint density at radius 3 is 2.60 bits per heavy atom. The van der Waals surface area contributed by atoms with Crippen molar-refractivity contribution in [1.82, 2.24) is 19.8 Å². The second kappa shape index (κ2) is 8.63. The van der Waals surface area contributed by atoms with Crippen LogP contribution in [0.5, 0.6) is 0 Å². The maximum Gasteiger partial charge on any atom is 0.263 e. The Hall–Kier alpha value is -1.99. The number of hydrogen-bond donors (Lipinski definition) is 0. The maximum absolute atomic E-state index is 12.9. The van der Waals surface area contributed by atoms with E-state index in [1.54, 1.807) is 11.3 Å². The summed E-state index contributed by atoms with van der Waals surface area (Å²) in [4.78, 5) is 31.7. The minimum absolute atomic E-state index is 0.160. The van der Waals surface area contributed by atoms with Gasteiger partial charge in [-0.25, -0.2) is 9.97 Å². The van der Waals surface area contributed by atoms with Gasteiger partial charge >= 0.3 is 0 Å². The van der Waals surface area contributed by atoms with Gasteiger partial charge in [0.2, 0.25) is 5.95 Å².